The number of carboxylic acids is 2. The summed E-state index contributed by atoms with van der Waals surface area (Å²) < 4.78 is 34.4. The number of carbonyl (C=O) groups is 2. The van der Waals surface area contributed by atoms with Gasteiger partial charge in [-0.2, -0.15) is 8.42 Å². The van der Waals surface area contributed by atoms with Crippen LogP contribution < -0.4 is 34.3 Å². The molecule has 2 atom stereocenters. The van der Waals surface area contributed by atoms with Crippen LogP contribution in [0.2, 0.25) is 0 Å². The maximum absolute atomic E-state index is 10.2. The van der Waals surface area contributed by atoms with Gasteiger partial charge in [-0.15, -0.1) is 0 Å². The maximum atomic E-state index is 10.2. The van der Waals surface area contributed by atoms with Crippen LogP contribution in [0.5, 0.6) is 5.75 Å². The third-order valence-electron chi connectivity index (χ3n) is 4.17. The number of para-hydroxylation sites is 1. The Bertz CT molecular complexity index is 709. The minimum atomic E-state index is -4.84. The fourth-order valence-electron chi connectivity index (χ4n) is 2.56. The van der Waals surface area contributed by atoms with Gasteiger partial charge in [0.1, 0.15) is 5.75 Å². The summed E-state index contributed by atoms with van der Waals surface area (Å²) in [5.74, 6) is -2.57. The molecule has 1 aromatic rings. The van der Waals surface area contributed by atoms with E-state index < -0.39 is 33.7 Å². The first kappa shape index (κ1) is 32.1. The summed E-state index contributed by atoms with van der Waals surface area (Å²) in [6, 6.07) is 9.97. The Morgan fingerprint density at radius 2 is 1.52 bits per heavy atom. The number of hydrogen-bond donors (Lipinski definition) is 3. The summed E-state index contributed by atoms with van der Waals surface area (Å²) in [6.45, 7) is 6.32. The maximum Gasteiger partial charge on any atom is 1.00 e. The van der Waals surface area contributed by atoms with Crippen LogP contribution in [0.4, 0.5) is 0 Å². The van der Waals surface area contributed by atoms with Crippen LogP contribution in [0.3, 0.4) is 0 Å². The first-order chi connectivity index (χ1) is 14.1. The van der Waals surface area contributed by atoms with Crippen LogP contribution in [0.15, 0.2) is 30.3 Å². The van der Waals surface area contributed by atoms with Crippen LogP contribution in [-0.4, -0.2) is 46.5 Å². The van der Waals surface area contributed by atoms with E-state index in [1.54, 1.807) is 0 Å². The number of aliphatic carboxylic acids is 2. The van der Waals surface area contributed by atoms with Crippen molar-refractivity contribution in [3.05, 3.63) is 37.3 Å². The van der Waals surface area contributed by atoms with Gasteiger partial charge in [0.25, 0.3) is 10.1 Å². The molecule has 0 aliphatic heterocycles. The number of rotatable bonds is 14. The van der Waals surface area contributed by atoms with E-state index in [-0.39, 0.29) is 35.7 Å². The molecule has 0 aliphatic rings. The third kappa shape index (κ3) is 18.2. The van der Waals surface area contributed by atoms with Crippen molar-refractivity contribution in [3.63, 3.8) is 0 Å². The molecule has 8 nitrogen and oxygen atoms in total. The number of ether oxygens (including phenoxy) is 1. The Morgan fingerprint density at radius 3 is 1.94 bits per heavy atom. The van der Waals surface area contributed by atoms with Crippen LogP contribution >= 0.6 is 0 Å². The summed E-state index contributed by atoms with van der Waals surface area (Å²) >= 11 is 0. The molecule has 31 heavy (non-hydrogen) atoms. The predicted molar refractivity (Wildman–Crippen MR) is 114 cm³/mol. The van der Waals surface area contributed by atoms with Crippen molar-refractivity contribution < 1.29 is 67.1 Å². The van der Waals surface area contributed by atoms with E-state index in [1.807, 2.05) is 30.3 Å². The molecule has 2 unspecified atom stereocenters. The van der Waals surface area contributed by atoms with Crippen molar-refractivity contribution in [1.82, 2.24) is 0 Å². The molecule has 0 aliphatic carbocycles. The quantitative estimate of drug-likeness (QED) is 0.160. The van der Waals surface area contributed by atoms with Gasteiger partial charge in [0, 0.05) is 0 Å². The van der Waals surface area contributed by atoms with Gasteiger partial charge in [-0.3, -0.25) is 14.1 Å². The van der Waals surface area contributed by atoms with E-state index in [1.165, 1.54) is 44.9 Å². The number of unbranched alkanes of at least 4 members (excludes halogenated alkanes) is 6. The van der Waals surface area contributed by atoms with Crippen molar-refractivity contribution >= 4 is 22.1 Å². The van der Waals surface area contributed by atoms with Crippen molar-refractivity contribution in [1.29, 1.82) is 0 Å². The third-order valence-corrected chi connectivity index (χ3v) is 5.26. The van der Waals surface area contributed by atoms with E-state index in [9.17, 15) is 18.0 Å². The van der Waals surface area contributed by atoms with Gasteiger partial charge in [-0.1, -0.05) is 70.1 Å². The second kappa shape index (κ2) is 18.4. The van der Waals surface area contributed by atoms with Gasteiger partial charge >= 0.3 is 41.5 Å². The molecule has 172 valence electrons. The SMILES string of the molecule is O=C(O)CC(C(=O)O)S(=O)(=O)O.[CH2-]C(CCCCCCCCC)Oc1ccccc1.[Na+]. The minimum Gasteiger partial charge on any atom is -0.522 e. The molecular weight excluding hydrogens is 435 g/mol. The van der Waals surface area contributed by atoms with Gasteiger partial charge in [0.15, 0.2) is 5.25 Å². The summed E-state index contributed by atoms with van der Waals surface area (Å²) in [5.41, 5.74) is 0. The van der Waals surface area contributed by atoms with Gasteiger partial charge in [-0.05, 0) is 24.7 Å². The molecule has 3 N–H and O–H groups in total. The largest absolute Gasteiger partial charge is 1.00 e. The summed E-state index contributed by atoms with van der Waals surface area (Å²) in [7, 11) is -4.84. The van der Waals surface area contributed by atoms with E-state index in [0.717, 1.165) is 12.2 Å². The van der Waals surface area contributed by atoms with E-state index >= 15 is 0 Å². The van der Waals surface area contributed by atoms with Crippen LogP contribution in [0.1, 0.15) is 64.7 Å². The van der Waals surface area contributed by atoms with E-state index in [0.29, 0.717) is 0 Å². The molecule has 0 aromatic heterocycles. The molecule has 0 saturated carbocycles. The average molecular weight is 469 g/mol. The standard InChI is InChI=1S/C17H27O.C4H6O7S.Na/c1-3-4-5-6-7-8-10-13-16(2)18-17-14-11-9-12-15-17;5-3(6)1-2(4(7)8)12(9,10)11;/h9,11-12,14-16H,2-8,10,13H2,1H3;2H,1H2,(H,5,6)(H,7,8)(H,9,10,11);/q-1;;+1. The van der Waals surface area contributed by atoms with Gasteiger partial charge in [0.2, 0.25) is 0 Å². The number of hydrogen-bond acceptors (Lipinski definition) is 5. The molecule has 0 fully saturated rings. The molecule has 0 radical (unpaired) electrons. The molecule has 0 spiro atoms. The zero-order valence-corrected chi connectivity index (χ0v) is 21.2. The number of benzene rings is 1. The number of carboxylic acid groups (broad SMARTS) is 2. The van der Waals surface area contributed by atoms with Crippen molar-refractivity contribution in [2.24, 2.45) is 0 Å². The summed E-state index contributed by atoms with van der Waals surface area (Å²) in [4.78, 5) is 20.0. The molecular formula is C21H33NaO8S. The van der Waals surface area contributed by atoms with Gasteiger partial charge in [0.05, 0.1) is 6.42 Å². The normalized spacial score (nSPS) is 12.5. The monoisotopic (exact) mass is 468 g/mol. The Balaban J connectivity index is 0. The predicted octanol–water partition coefficient (Wildman–Crippen LogP) is 1.21. The first-order valence-corrected chi connectivity index (χ1v) is 11.5. The first-order valence-electron chi connectivity index (χ1n) is 10.0. The second-order valence-corrected chi connectivity index (χ2v) is 8.50. The van der Waals surface area contributed by atoms with E-state index in [2.05, 4.69) is 13.8 Å². The van der Waals surface area contributed by atoms with Gasteiger partial charge < -0.3 is 21.9 Å². The van der Waals surface area contributed by atoms with Crippen molar-refractivity contribution in [2.45, 2.75) is 76.1 Å². The average Bonchev–Trinajstić information content (AvgIpc) is 2.65. The Morgan fingerprint density at radius 1 is 1.00 bits per heavy atom. The van der Waals surface area contributed by atoms with Crippen LogP contribution in [0, 0.1) is 6.92 Å². The van der Waals surface area contributed by atoms with Crippen molar-refractivity contribution in [3.8, 4) is 5.75 Å². The molecule has 1 rings (SSSR count). The van der Waals surface area contributed by atoms with Crippen molar-refractivity contribution in [2.75, 3.05) is 0 Å². The zero-order valence-electron chi connectivity index (χ0n) is 18.4. The molecule has 0 heterocycles. The molecule has 0 saturated heterocycles. The minimum absolute atomic E-state index is 0. The molecule has 10 heteroatoms. The molecule has 0 amide bonds. The summed E-state index contributed by atoms with van der Waals surface area (Å²) in [6.07, 6.45) is 9.37. The molecule has 1 aromatic carbocycles. The van der Waals surface area contributed by atoms with Crippen LogP contribution in [0.25, 0.3) is 0 Å². The Hall–Kier alpha value is -1.13. The van der Waals surface area contributed by atoms with E-state index in [4.69, 9.17) is 19.5 Å². The zero-order chi connectivity index (χ0) is 23.0. The topological polar surface area (TPSA) is 138 Å². The fraction of sp³-hybridized carbons (Fsp3) is 0.571. The fourth-order valence-corrected chi connectivity index (χ4v) is 3.17. The molecule has 0 bridgehead atoms. The summed E-state index contributed by atoms with van der Waals surface area (Å²) in [5, 5.41) is 13.9. The Labute approximate surface area is 207 Å². The smallest absolute Gasteiger partial charge is 0.522 e. The van der Waals surface area contributed by atoms with Gasteiger partial charge in [-0.25, -0.2) is 0 Å². The Kier molecular flexibility index (Phi) is 19.1. The second-order valence-electron chi connectivity index (χ2n) is 6.90. The van der Waals surface area contributed by atoms with Crippen LogP contribution in [-0.2, 0) is 19.7 Å².